The van der Waals surface area contributed by atoms with Crippen LogP contribution >= 0.6 is 12.4 Å². The van der Waals surface area contributed by atoms with E-state index in [2.05, 4.69) is 5.32 Å². The van der Waals surface area contributed by atoms with E-state index in [9.17, 15) is 9.18 Å². The monoisotopic (exact) mass is 378 g/mol. The van der Waals surface area contributed by atoms with E-state index >= 15 is 0 Å². The maximum Gasteiger partial charge on any atom is 0.263 e. The normalized spacial score (nSPS) is 18.0. The summed E-state index contributed by atoms with van der Waals surface area (Å²) in [5, 5.41) is 3.28. The number of aryl methyl sites for hydroxylation is 1. The summed E-state index contributed by atoms with van der Waals surface area (Å²) in [5.74, 6) is 0.291. The van der Waals surface area contributed by atoms with E-state index < -0.39 is 6.10 Å². The van der Waals surface area contributed by atoms with Crippen molar-refractivity contribution in [1.29, 1.82) is 0 Å². The molecule has 2 aromatic carbocycles. The Morgan fingerprint density at radius 2 is 2.00 bits per heavy atom. The first-order valence-electron chi connectivity index (χ1n) is 8.54. The van der Waals surface area contributed by atoms with Gasteiger partial charge in [0.1, 0.15) is 11.6 Å². The highest BCUT2D eigenvalue weighted by Gasteiger charge is 2.31. The third-order valence-corrected chi connectivity index (χ3v) is 4.44. The Bertz CT molecular complexity index is 739. The Balaban J connectivity index is 0.00000243. The fourth-order valence-corrected chi connectivity index (χ4v) is 3.08. The number of amides is 1. The number of ether oxygens (including phenoxy) is 1. The van der Waals surface area contributed by atoms with Crippen molar-refractivity contribution in [3.8, 4) is 5.75 Å². The summed E-state index contributed by atoms with van der Waals surface area (Å²) in [7, 11) is 0. The fourth-order valence-electron chi connectivity index (χ4n) is 3.08. The lowest BCUT2D eigenvalue weighted by Crippen LogP contribution is -2.52. The largest absolute Gasteiger partial charge is 0.481 e. The molecule has 0 radical (unpaired) electrons. The molecule has 1 aliphatic heterocycles. The van der Waals surface area contributed by atoms with Crippen molar-refractivity contribution in [2.24, 2.45) is 0 Å². The predicted octanol–water partition coefficient (Wildman–Crippen LogP) is 3.50. The van der Waals surface area contributed by atoms with Crippen LogP contribution in [0.15, 0.2) is 48.5 Å². The maximum atomic E-state index is 13.6. The molecule has 6 heteroatoms. The topological polar surface area (TPSA) is 41.6 Å². The number of rotatable bonds is 4. The van der Waals surface area contributed by atoms with Crippen molar-refractivity contribution in [2.75, 3.05) is 19.6 Å². The number of carbonyl (C=O) groups is 1. The van der Waals surface area contributed by atoms with Crippen LogP contribution in [-0.4, -0.2) is 36.5 Å². The van der Waals surface area contributed by atoms with Crippen molar-refractivity contribution in [2.45, 2.75) is 26.0 Å². The number of piperazine rings is 1. The van der Waals surface area contributed by atoms with Gasteiger partial charge in [0.2, 0.25) is 0 Å². The summed E-state index contributed by atoms with van der Waals surface area (Å²) < 4.78 is 19.4. The first-order chi connectivity index (χ1) is 12.0. The number of nitrogens with one attached hydrogen (secondary N) is 1. The number of hydrogen-bond donors (Lipinski definition) is 1. The van der Waals surface area contributed by atoms with E-state index in [0.29, 0.717) is 18.8 Å². The molecule has 0 aliphatic carbocycles. The average Bonchev–Trinajstić information content (AvgIpc) is 2.63. The van der Waals surface area contributed by atoms with Crippen LogP contribution in [0, 0.1) is 12.7 Å². The zero-order chi connectivity index (χ0) is 17.8. The second-order valence-electron chi connectivity index (χ2n) is 6.38. The Hall–Kier alpha value is -2.11. The second kappa shape index (κ2) is 9.01. The van der Waals surface area contributed by atoms with Crippen LogP contribution in [0.4, 0.5) is 4.39 Å². The van der Waals surface area contributed by atoms with Gasteiger partial charge >= 0.3 is 0 Å². The molecule has 26 heavy (non-hydrogen) atoms. The van der Waals surface area contributed by atoms with Crippen molar-refractivity contribution in [1.82, 2.24) is 10.2 Å². The molecule has 1 aliphatic rings. The molecule has 0 aromatic heterocycles. The molecule has 1 N–H and O–H groups in total. The minimum Gasteiger partial charge on any atom is -0.481 e. The minimum atomic E-state index is -0.600. The van der Waals surface area contributed by atoms with Crippen molar-refractivity contribution >= 4 is 18.3 Å². The Kier molecular flexibility index (Phi) is 7.00. The molecule has 1 heterocycles. The molecule has 1 fully saturated rings. The molecular formula is C20H24ClFN2O2. The smallest absolute Gasteiger partial charge is 0.263 e. The highest BCUT2D eigenvalue weighted by atomic mass is 35.5. The van der Waals surface area contributed by atoms with E-state index in [1.165, 1.54) is 12.1 Å². The van der Waals surface area contributed by atoms with Gasteiger partial charge in [-0.1, -0.05) is 29.8 Å². The van der Waals surface area contributed by atoms with Crippen LogP contribution in [0.5, 0.6) is 5.75 Å². The summed E-state index contributed by atoms with van der Waals surface area (Å²) in [5.41, 5.74) is 1.93. The van der Waals surface area contributed by atoms with E-state index in [1.807, 2.05) is 37.3 Å². The number of hydrogen-bond acceptors (Lipinski definition) is 3. The quantitative estimate of drug-likeness (QED) is 0.885. The Morgan fingerprint density at radius 1 is 1.27 bits per heavy atom. The lowest BCUT2D eigenvalue weighted by atomic mass is 10.0. The summed E-state index contributed by atoms with van der Waals surface area (Å²) in [6.07, 6.45) is -0.600. The van der Waals surface area contributed by atoms with E-state index in [-0.39, 0.29) is 30.2 Å². The number of nitrogens with zero attached hydrogens (tertiary/aromatic N) is 1. The minimum absolute atomic E-state index is 0. The highest BCUT2D eigenvalue weighted by Crippen LogP contribution is 2.24. The van der Waals surface area contributed by atoms with Crippen molar-refractivity contribution in [3.05, 3.63) is 65.5 Å². The van der Waals surface area contributed by atoms with Gasteiger partial charge in [-0.05, 0) is 43.7 Å². The van der Waals surface area contributed by atoms with Crippen LogP contribution < -0.4 is 10.1 Å². The summed E-state index contributed by atoms with van der Waals surface area (Å²) in [6, 6.07) is 13.9. The van der Waals surface area contributed by atoms with Gasteiger partial charge in [0, 0.05) is 19.6 Å². The van der Waals surface area contributed by atoms with Gasteiger partial charge in [-0.15, -0.1) is 12.4 Å². The van der Waals surface area contributed by atoms with Crippen LogP contribution in [0.1, 0.15) is 24.1 Å². The fraction of sp³-hybridized carbons (Fsp3) is 0.350. The molecule has 4 nitrogen and oxygen atoms in total. The third kappa shape index (κ3) is 4.74. The van der Waals surface area contributed by atoms with Gasteiger partial charge in [0.05, 0.1) is 6.04 Å². The van der Waals surface area contributed by atoms with Crippen LogP contribution in [0.3, 0.4) is 0 Å². The van der Waals surface area contributed by atoms with E-state index in [4.69, 9.17) is 4.74 Å². The first kappa shape index (κ1) is 20.2. The van der Waals surface area contributed by atoms with Crippen LogP contribution in [0.2, 0.25) is 0 Å². The zero-order valence-corrected chi connectivity index (χ0v) is 15.8. The number of benzene rings is 2. The van der Waals surface area contributed by atoms with E-state index in [0.717, 1.165) is 17.7 Å². The molecule has 2 atom stereocenters. The standard InChI is InChI=1S/C20H23FN2O2.ClH/c1-14-6-8-18(9-7-14)25-15(2)20(24)23-11-10-22-13-19(23)16-4-3-5-17(21)12-16;/h3-9,12,15,19,22H,10-11,13H2,1-2H3;1H. The summed E-state index contributed by atoms with van der Waals surface area (Å²) in [6.45, 7) is 5.65. The second-order valence-corrected chi connectivity index (χ2v) is 6.38. The predicted molar refractivity (Wildman–Crippen MR) is 102 cm³/mol. The molecule has 1 saturated heterocycles. The SMILES string of the molecule is Cc1ccc(OC(C)C(=O)N2CCNCC2c2cccc(F)c2)cc1.Cl. The summed E-state index contributed by atoms with van der Waals surface area (Å²) in [4.78, 5) is 14.7. The molecule has 0 spiro atoms. The zero-order valence-electron chi connectivity index (χ0n) is 14.9. The average molecular weight is 379 g/mol. The molecule has 2 aromatic rings. The van der Waals surface area contributed by atoms with Gasteiger partial charge in [-0.25, -0.2) is 4.39 Å². The number of carbonyl (C=O) groups excluding carboxylic acids is 1. The molecule has 140 valence electrons. The van der Waals surface area contributed by atoms with Gasteiger partial charge in [0.15, 0.2) is 6.10 Å². The first-order valence-corrected chi connectivity index (χ1v) is 8.54. The van der Waals surface area contributed by atoms with Gasteiger partial charge in [-0.3, -0.25) is 4.79 Å². The molecule has 0 saturated carbocycles. The van der Waals surface area contributed by atoms with Gasteiger partial charge in [-0.2, -0.15) is 0 Å². The van der Waals surface area contributed by atoms with Crippen molar-refractivity contribution in [3.63, 3.8) is 0 Å². The maximum absolute atomic E-state index is 13.6. The van der Waals surface area contributed by atoms with E-state index in [1.54, 1.807) is 17.9 Å². The third-order valence-electron chi connectivity index (χ3n) is 4.44. The summed E-state index contributed by atoms with van der Waals surface area (Å²) >= 11 is 0. The Morgan fingerprint density at radius 3 is 2.69 bits per heavy atom. The van der Waals surface area contributed by atoms with Gasteiger partial charge < -0.3 is 15.0 Å². The van der Waals surface area contributed by atoms with Crippen LogP contribution in [-0.2, 0) is 4.79 Å². The Labute approximate surface area is 159 Å². The van der Waals surface area contributed by atoms with Gasteiger partial charge in [0.25, 0.3) is 5.91 Å². The van der Waals surface area contributed by atoms with Crippen LogP contribution in [0.25, 0.3) is 0 Å². The number of halogens is 2. The molecule has 0 bridgehead atoms. The molecular weight excluding hydrogens is 355 g/mol. The molecule has 3 rings (SSSR count). The van der Waals surface area contributed by atoms with Crippen molar-refractivity contribution < 1.29 is 13.9 Å². The molecule has 1 amide bonds. The lowest BCUT2D eigenvalue weighted by Gasteiger charge is -2.38. The lowest BCUT2D eigenvalue weighted by molar-refractivity contribution is -0.141. The molecule has 2 unspecified atom stereocenters. The highest BCUT2D eigenvalue weighted by molar-refractivity contribution is 5.85.